The summed E-state index contributed by atoms with van der Waals surface area (Å²) in [6, 6.07) is 9.39. The van der Waals surface area contributed by atoms with E-state index in [9.17, 15) is 9.59 Å². The molecule has 1 aromatic carbocycles. The number of hydrogen-bond donors (Lipinski definition) is 0. The summed E-state index contributed by atoms with van der Waals surface area (Å²) in [6.45, 7) is 4.53. The largest absolute Gasteiger partial charge is 0.497 e. The first-order valence-electron chi connectivity index (χ1n) is 10.2. The van der Waals surface area contributed by atoms with Crippen LogP contribution < -0.4 is 4.74 Å². The molecule has 6 nitrogen and oxygen atoms in total. The molecule has 4 rings (SSSR count). The van der Waals surface area contributed by atoms with Crippen molar-refractivity contribution in [2.75, 3.05) is 33.3 Å². The summed E-state index contributed by atoms with van der Waals surface area (Å²) < 4.78 is 5.25. The van der Waals surface area contributed by atoms with E-state index >= 15 is 0 Å². The second-order valence-corrected chi connectivity index (χ2v) is 7.92. The summed E-state index contributed by atoms with van der Waals surface area (Å²) in [5.74, 6) is 0.615. The van der Waals surface area contributed by atoms with Crippen LogP contribution in [0.4, 0.5) is 0 Å². The van der Waals surface area contributed by atoms with Gasteiger partial charge in [0.1, 0.15) is 5.75 Å². The van der Waals surface area contributed by atoms with Crippen LogP contribution in [0.3, 0.4) is 0 Å². The molecule has 3 heterocycles. The van der Waals surface area contributed by atoms with Crippen molar-refractivity contribution < 1.29 is 14.3 Å². The summed E-state index contributed by atoms with van der Waals surface area (Å²) in [5.41, 5.74) is 2.55. The van der Waals surface area contributed by atoms with Gasteiger partial charge in [0.15, 0.2) is 0 Å². The number of nitrogens with zero attached hydrogens (tertiary/aromatic N) is 3. The number of pyridine rings is 1. The molecule has 0 aliphatic carbocycles. The zero-order valence-electron chi connectivity index (χ0n) is 17.0. The number of likely N-dealkylation sites (tertiary alicyclic amines) is 2. The Morgan fingerprint density at radius 2 is 1.90 bits per heavy atom. The van der Waals surface area contributed by atoms with Crippen molar-refractivity contribution in [1.29, 1.82) is 0 Å². The molecule has 152 valence electrons. The molecule has 2 aromatic rings. The van der Waals surface area contributed by atoms with Gasteiger partial charge < -0.3 is 14.5 Å². The Kier molecular flexibility index (Phi) is 5.51. The van der Waals surface area contributed by atoms with Crippen LogP contribution in [0.5, 0.6) is 5.75 Å². The Labute approximate surface area is 171 Å². The van der Waals surface area contributed by atoms with Crippen LogP contribution in [0.2, 0.25) is 0 Å². The van der Waals surface area contributed by atoms with Crippen molar-refractivity contribution in [3.05, 3.63) is 59.4 Å². The number of hydrogen-bond acceptors (Lipinski definition) is 4. The fourth-order valence-corrected chi connectivity index (χ4v) is 4.50. The molecule has 0 N–H and O–H groups in total. The number of carbonyl (C=O) groups excluding carboxylic acids is 2. The highest BCUT2D eigenvalue weighted by atomic mass is 16.5. The van der Waals surface area contributed by atoms with E-state index in [-0.39, 0.29) is 23.7 Å². The molecule has 0 unspecified atom stereocenters. The first kappa shape index (κ1) is 19.4. The third kappa shape index (κ3) is 3.84. The van der Waals surface area contributed by atoms with Crippen LogP contribution >= 0.6 is 0 Å². The minimum atomic E-state index is -0.222. The molecule has 0 saturated carbocycles. The lowest BCUT2D eigenvalue weighted by atomic mass is 9.89. The number of aryl methyl sites for hydroxylation is 1. The maximum absolute atomic E-state index is 13.3. The molecule has 1 aromatic heterocycles. The predicted molar refractivity (Wildman–Crippen MR) is 110 cm³/mol. The van der Waals surface area contributed by atoms with Gasteiger partial charge in [0.25, 0.3) is 5.91 Å². The van der Waals surface area contributed by atoms with Gasteiger partial charge in [-0.1, -0.05) is 6.07 Å². The highest BCUT2D eigenvalue weighted by Crippen LogP contribution is 2.35. The molecule has 0 spiro atoms. The Hall–Kier alpha value is -2.89. The number of amides is 2. The van der Waals surface area contributed by atoms with Gasteiger partial charge in [-0.3, -0.25) is 14.6 Å². The molecule has 2 fully saturated rings. The van der Waals surface area contributed by atoms with E-state index in [0.29, 0.717) is 18.7 Å². The SMILES string of the molecule is COc1ccc(C(=O)N2C[C@@H](C(=O)N3CCCC3)[C@H](c3cccnc3)C2)c(C)c1. The number of aromatic nitrogens is 1. The van der Waals surface area contributed by atoms with Gasteiger partial charge in [0, 0.05) is 50.1 Å². The lowest BCUT2D eigenvalue weighted by Gasteiger charge is -2.23. The average molecular weight is 393 g/mol. The van der Waals surface area contributed by atoms with Crippen LogP contribution in [0, 0.1) is 12.8 Å². The summed E-state index contributed by atoms with van der Waals surface area (Å²) in [6.07, 6.45) is 5.67. The number of ether oxygens (including phenoxy) is 1. The van der Waals surface area contributed by atoms with Gasteiger partial charge >= 0.3 is 0 Å². The van der Waals surface area contributed by atoms with Crippen molar-refractivity contribution in [2.45, 2.75) is 25.7 Å². The van der Waals surface area contributed by atoms with Crippen molar-refractivity contribution in [3.63, 3.8) is 0 Å². The number of methoxy groups -OCH3 is 1. The summed E-state index contributed by atoms with van der Waals surface area (Å²) in [7, 11) is 1.61. The molecule has 29 heavy (non-hydrogen) atoms. The highest BCUT2D eigenvalue weighted by molar-refractivity contribution is 5.96. The zero-order valence-corrected chi connectivity index (χ0v) is 17.0. The van der Waals surface area contributed by atoms with E-state index in [1.165, 1.54) is 0 Å². The molecule has 2 aliphatic rings. The van der Waals surface area contributed by atoms with E-state index in [4.69, 9.17) is 4.74 Å². The third-order valence-corrected chi connectivity index (χ3v) is 6.12. The van der Waals surface area contributed by atoms with E-state index in [1.54, 1.807) is 13.3 Å². The molecule has 2 aliphatic heterocycles. The van der Waals surface area contributed by atoms with E-state index in [1.807, 2.05) is 53.3 Å². The standard InChI is InChI=1S/C23H27N3O3/c1-16-12-18(29-2)7-8-19(16)22(27)26-14-20(17-6-5-9-24-13-17)21(15-26)23(28)25-10-3-4-11-25/h5-9,12-13,20-21H,3-4,10-11,14-15H2,1-2H3/t20-,21+/m0/s1. The van der Waals surface area contributed by atoms with Gasteiger partial charge in [0.05, 0.1) is 13.0 Å². The van der Waals surface area contributed by atoms with E-state index in [0.717, 1.165) is 42.8 Å². The molecule has 6 heteroatoms. The monoisotopic (exact) mass is 393 g/mol. The molecule has 2 atom stereocenters. The quantitative estimate of drug-likeness (QED) is 0.801. The lowest BCUT2D eigenvalue weighted by molar-refractivity contribution is -0.134. The Morgan fingerprint density at radius 1 is 1.10 bits per heavy atom. The smallest absolute Gasteiger partial charge is 0.254 e. The van der Waals surface area contributed by atoms with Crippen LogP contribution in [0.25, 0.3) is 0 Å². The van der Waals surface area contributed by atoms with Crippen LogP contribution in [0.15, 0.2) is 42.7 Å². The summed E-state index contributed by atoms with van der Waals surface area (Å²) >= 11 is 0. The van der Waals surface area contributed by atoms with Gasteiger partial charge in [-0.2, -0.15) is 0 Å². The molecule has 2 saturated heterocycles. The van der Waals surface area contributed by atoms with Crippen LogP contribution in [0.1, 0.15) is 40.2 Å². The lowest BCUT2D eigenvalue weighted by Crippen LogP contribution is -2.37. The summed E-state index contributed by atoms with van der Waals surface area (Å²) in [5, 5.41) is 0. The van der Waals surface area contributed by atoms with Gasteiger partial charge in [-0.15, -0.1) is 0 Å². The molecule has 0 radical (unpaired) electrons. The van der Waals surface area contributed by atoms with Gasteiger partial charge in [0.2, 0.25) is 5.91 Å². The van der Waals surface area contributed by atoms with Crippen molar-refractivity contribution in [2.24, 2.45) is 5.92 Å². The first-order valence-corrected chi connectivity index (χ1v) is 10.2. The Bertz CT molecular complexity index is 893. The van der Waals surface area contributed by atoms with Crippen LogP contribution in [-0.4, -0.2) is 59.9 Å². The maximum Gasteiger partial charge on any atom is 0.254 e. The Morgan fingerprint density at radius 3 is 2.55 bits per heavy atom. The van der Waals surface area contributed by atoms with Crippen molar-refractivity contribution >= 4 is 11.8 Å². The molecule has 2 amide bonds. The fraction of sp³-hybridized carbons (Fsp3) is 0.435. The maximum atomic E-state index is 13.3. The van der Waals surface area contributed by atoms with E-state index in [2.05, 4.69) is 4.98 Å². The van der Waals surface area contributed by atoms with Gasteiger partial charge in [-0.05, 0) is 55.2 Å². The first-order chi connectivity index (χ1) is 14.1. The summed E-state index contributed by atoms with van der Waals surface area (Å²) in [4.78, 5) is 34.5. The molecular weight excluding hydrogens is 366 g/mol. The third-order valence-electron chi connectivity index (χ3n) is 6.12. The predicted octanol–water partition coefficient (Wildman–Crippen LogP) is 2.88. The molecule has 0 bridgehead atoms. The topological polar surface area (TPSA) is 62.7 Å². The van der Waals surface area contributed by atoms with Crippen LogP contribution in [-0.2, 0) is 4.79 Å². The highest BCUT2D eigenvalue weighted by Gasteiger charge is 2.42. The Balaban J connectivity index is 1.60. The average Bonchev–Trinajstić information content (AvgIpc) is 3.44. The fourth-order valence-electron chi connectivity index (χ4n) is 4.50. The minimum absolute atomic E-state index is 0.0284. The number of carbonyl (C=O) groups is 2. The van der Waals surface area contributed by atoms with Crippen molar-refractivity contribution in [1.82, 2.24) is 14.8 Å². The zero-order chi connectivity index (χ0) is 20.4. The minimum Gasteiger partial charge on any atom is -0.497 e. The second kappa shape index (κ2) is 8.23. The second-order valence-electron chi connectivity index (χ2n) is 7.92. The van der Waals surface area contributed by atoms with E-state index < -0.39 is 0 Å². The normalized spacial score (nSPS) is 21.4. The number of benzene rings is 1. The number of rotatable bonds is 4. The van der Waals surface area contributed by atoms with Crippen molar-refractivity contribution in [3.8, 4) is 5.75 Å². The van der Waals surface area contributed by atoms with Gasteiger partial charge in [-0.25, -0.2) is 0 Å². The molecular formula is C23H27N3O3.